The number of nitrogens with one attached hydrogen (secondary N) is 1. The van der Waals surface area contributed by atoms with Crippen molar-refractivity contribution in [2.75, 3.05) is 19.6 Å². The van der Waals surface area contributed by atoms with E-state index in [1.165, 1.54) is 12.8 Å². The zero-order valence-corrected chi connectivity index (χ0v) is 14.4. The molecule has 1 aliphatic carbocycles. The Morgan fingerprint density at radius 2 is 1.70 bits per heavy atom. The van der Waals surface area contributed by atoms with Crippen molar-refractivity contribution >= 4 is 30.7 Å². The average molecular weight is 326 g/mol. The molecule has 20 heavy (non-hydrogen) atoms. The van der Waals surface area contributed by atoms with Crippen LogP contribution in [0.25, 0.3) is 0 Å². The number of halogens is 2. The SMILES string of the molecule is CC(C)(C)NC(=O)CCN1C[C@H]2CC[C@@H](C1)C2N.Cl.Cl. The number of carbonyl (C=O) groups is 1. The minimum atomic E-state index is -0.125. The number of piperidine rings is 1. The molecule has 120 valence electrons. The number of nitrogens with two attached hydrogens (primary N) is 1. The van der Waals surface area contributed by atoms with E-state index in [9.17, 15) is 4.79 Å². The van der Waals surface area contributed by atoms with Gasteiger partial charge in [-0.1, -0.05) is 0 Å². The van der Waals surface area contributed by atoms with Gasteiger partial charge in [0.1, 0.15) is 0 Å². The molecule has 1 aliphatic heterocycles. The monoisotopic (exact) mass is 325 g/mol. The molecular weight excluding hydrogens is 297 g/mol. The van der Waals surface area contributed by atoms with E-state index in [1.807, 2.05) is 20.8 Å². The Bertz CT molecular complexity index is 306. The van der Waals surface area contributed by atoms with E-state index in [0.717, 1.165) is 19.6 Å². The van der Waals surface area contributed by atoms with Crippen LogP contribution in [-0.2, 0) is 4.79 Å². The van der Waals surface area contributed by atoms with Crippen molar-refractivity contribution in [3.8, 4) is 0 Å². The van der Waals surface area contributed by atoms with Crippen molar-refractivity contribution in [3.05, 3.63) is 0 Å². The van der Waals surface area contributed by atoms with Crippen LogP contribution in [0.5, 0.6) is 0 Å². The summed E-state index contributed by atoms with van der Waals surface area (Å²) in [5, 5.41) is 3.02. The number of hydrogen-bond acceptors (Lipinski definition) is 3. The molecule has 2 rings (SSSR count). The molecule has 4 nitrogen and oxygen atoms in total. The van der Waals surface area contributed by atoms with E-state index in [1.54, 1.807) is 0 Å². The molecule has 1 heterocycles. The zero-order valence-electron chi connectivity index (χ0n) is 12.7. The molecule has 2 bridgehead atoms. The van der Waals surface area contributed by atoms with Gasteiger partial charge in [-0.05, 0) is 45.4 Å². The van der Waals surface area contributed by atoms with Crippen LogP contribution in [0.2, 0.25) is 0 Å². The third-order valence-electron chi connectivity index (χ3n) is 4.15. The topological polar surface area (TPSA) is 58.4 Å². The van der Waals surface area contributed by atoms with Crippen LogP contribution in [0, 0.1) is 11.8 Å². The third kappa shape index (κ3) is 5.40. The van der Waals surface area contributed by atoms with Gasteiger partial charge in [-0.25, -0.2) is 0 Å². The molecular formula is C14H29Cl2N3O. The lowest BCUT2D eigenvalue weighted by Crippen LogP contribution is -2.49. The van der Waals surface area contributed by atoms with Gasteiger partial charge < -0.3 is 16.0 Å². The zero-order chi connectivity index (χ0) is 13.3. The predicted molar refractivity (Wildman–Crippen MR) is 87.6 cm³/mol. The molecule has 3 atom stereocenters. The van der Waals surface area contributed by atoms with Crippen LogP contribution in [0.4, 0.5) is 0 Å². The predicted octanol–water partition coefficient (Wildman–Crippen LogP) is 1.80. The van der Waals surface area contributed by atoms with Crippen molar-refractivity contribution < 1.29 is 4.79 Å². The first-order valence-corrected chi connectivity index (χ1v) is 7.14. The maximum Gasteiger partial charge on any atom is 0.221 e. The molecule has 2 fully saturated rings. The summed E-state index contributed by atoms with van der Waals surface area (Å²) in [5.41, 5.74) is 6.06. The van der Waals surface area contributed by atoms with Crippen LogP contribution in [0.3, 0.4) is 0 Å². The molecule has 1 unspecified atom stereocenters. The molecule has 0 aromatic rings. The number of nitrogens with zero attached hydrogens (tertiary/aromatic N) is 1. The molecule has 1 saturated carbocycles. The number of amides is 1. The van der Waals surface area contributed by atoms with Crippen LogP contribution < -0.4 is 11.1 Å². The van der Waals surface area contributed by atoms with Crippen LogP contribution in [-0.4, -0.2) is 42.0 Å². The minimum Gasteiger partial charge on any atom is -0.351 e. The Kier molecular flexibility index (Phi) is 7.82. The standard InChI is InChI=1S/C14H27N3O.2ClH/c1-14(2,3)16-12(18)6-7-17-8-10-4-5-11(9-17)13(10)15;;/h10-11,13H,4-9,15H2,1-3H3,(H,16,18);2*1H/t10-,11+,13?;;. The Morgan fingerprint density at radius 3 is 2.15 bits per heavy atom. The van der Waals surface area contributed by atoms with E-state index in [2.05, 4.69) is 10.2 Å². The average Bonchev–Trinajstić information content (AvgIpc) is 2.50. The molecule has 0 spiro atoms. The van der Waals surface area contributed by atoms with Gasteiger partial charge in [-0.15, -0.1) is 24.8 Å². The van der Waals surface area contributed by atoms with Crippen molar-refractivity contribution in [1.82, 2.24) is 10.2 Å². The fourth-order valence-corrected chi connectivity index (χ4v) is 3.28. The minimum absolute atomic E-state index is 0. The van der Waals surface area contributed by atoms with Crippen LogP contribution in [0.1, 0.15) is 40.0 Å². The van der Waals surface area contributed by atoms with Gasteiger partial charge in [-0.2, -0.15) is 0 Å². The lowest BCUT2D eigenvalue weighted by molar-refractivity contribution is -0.122. The van der Waals surface area contributed by atoms with E-state index in [4.69, 9.17) is 5.73 Å². The Hall–Kier alpha value is -0.0300. The first-order chi connectivity index (χ1) is 8.35. The molecule has 6 heteroatoms. The Balaban J connectivity index is 0.00000180. The molecule has 0 aromatic carbocycles. The van der Waals surface area contributed by atoms with Gasteiger partial charge in [0.15, 0.2) is 0 Å². The smallest absolute Gasteiger partial charge is 0.221 e. The summed E-state index contributed by atoms with van der Waals surface area (Å²) in [6.07, 6.45) is 3.15. The lowest BCUT2D eigenvalue weighted by Gasteiger charge is -2.36. The van der Waals surface area contributed by atoms with E-state index in [0.29, 0.717) is 24.3 Å². The number of rotatable bonds is 3. The van der Waals surface area contributed by atoms with Gasteiger partial charge >= 0.3 is 0 Å². The summed E-state index contributed by atoms with van der Waals surface area (Å²) in [6, 6.07) is 0.407. The van der Waals surface area contributed by atoms with Gasteiger partial charge in [0, 0.05) is 37.6 Å². The second-order valence-electron chi connectivity index (χ2n) is 6.98. The van der Waals surface area contributed by atoms with Crippen molar-refractivity contribution in [2.24, 2.45) is 17.6 Å². The normalized spacial score (nSPS) is 29.3. The molecule has 3 N–H and O–H groups in total. The Morgan fingerprint density at radius 1 is 1.20 bits per heavy atom. The van der Waals surface area contributed by atoms with Gasteiger partial charge in [-0.3, -0.25) is 4.79 Å². The maximum absolute atomic E-state index is 11.8. The number of fused-ring (bicyclic) bond motifs is 2. The molecule has 1 saturated heterocycles. The van der Waals surface area contributed by atoms with Gasteiger partial charge in [0.05, 0.1) is 0 Å². The number of carbonyl (C=O) groups excluding carboxylic acids is 1. The Labute approximate surface area is 135 Å². The summed E-state index contributed by atoms with van der Waals surface area (Å²) in [6.45, 7) is 9.10. The molecule has 0 aromatic heterocycles. The third-order valence-corrected chi connectivity index (χ3v) is 4.15. The fourth-order valence-electron chi connectivity index (χ4n) is 3.28. The van der Waals surface area contributed by atoms with Crippen LogP contribution in [0.15, 0.2) is 0 Å². The second kappa shape index (κ2) is 7.83. The van der Waals surface area contributed by atoms with Gasteiger partial charge in [0.2, 0.25) is 5.91 Å². The quantitative estimate of drug-likeness (QED) is 0.831. The molecule has 1 amide bonds. The summed E-state index contributed by atoms with van der Waals surface area (Å²) >= 11 is 0. The van der Waals surface area contributed by atoms with E-state index < -0.39 is 0 Å². The van der Waals surface area contributed by atoms with Crippen molar-refractivity contribution in [2.45, 2.75) is 51.6 Å². The lowest BCUT2D eigenvalue weighted by atomic mass is 9.93. The highest BCUT2D eigenvalue weighted by molar-refractivity contribution is 5.85. The summed E-state index contributed by atoms with van der Waals surface area (Å²) in [7, 11) is 0. The van der Waals surface area contributed by atoms with E-state index >= 15 is 0 Å². The summed E-state index contributed by atoms with van der Waals surface area (Å²) in [4.78, 5) is 14.2. The summed E-state index contributed by atoms with van der Waals surface area (Å²) in [5.74, 6) is 1.48. The number of likely N-dealkylation sites (tertiary alicyclic amines) is 1. The second-order valence-corrected chi connectivity index (χ2v) is 6.98. The van der Waals surface area contributed by atoms with Crippen LogP contribution >= 0.6 is 24.8 Å². The molecule has 2 aliphatic rings. The maximum atomic E-state index is 11.8. The first kappa shape index (κ1) is 20.0. The first-order valence-electron chi connectivity index (χ1n) is 7.14. The summed E-state index contributed by atoms with van der Waals surface area (Å²) < 4.78 is 0. The van der Waals surface area contributed by atoms with Crippen molar-refractivity contribution in [3.63, 3.8) is 0 Å². The highest BCUT2D eigenvalue weighted by Gasteiger charge is 2.39. The van der Waals surface area contributed by atoms with Gasteiger partial charge in [0.25, 0.3) is 0 Å². The fraction of sp³-hybridized carbons (Fsp3) is 0.929. The number of hydrogen-bond donors (Lipinski definition) is 2. The largest absolute Gasteiger partial charge is 0.351 e. The highest BCUT2D eigenvalue weighted by atomic mass is 35.5. The van der Waals surface area contributed by atoms with E-state index in [-0.39, 0.29) is 36.3 Å². The highest BCUT2D eigenvalue weighted by Crippen LogP contribution is 2.35. The molecule has 0 radical (unpaired) electrons. The van der Waals surface area contributed by atoms with Crippen molar-refractivity contribution in [1.29, 1.82) is 0 Å².